The van der Waals surface area contributed by atoms with E-state index in [1.807, 2.05) is 49.0 Å². The number of hydrogen-bond donors (Lipinski definition) is 4. The van der Waals surface area contributed by atoms with Gasteiger partial charge in [0.05, 0.1) is 11.8 Å². The second-order valence-electron chi connectivity index (χ2n) is 8.81. The number of pyridine rings is 1. The van der Waals surface area contributed by atoms with Gasteiger partial charge in [0.15, 0.2) is 0 Å². The van der Waals surface area contributed by atoms with E-state index in [9.17, 15) is 9.59 Å². The predicted molar refractivity (Wildman–Crippen MR) is 138 cm³/mol. The Bertz CT molecular complexity index is 1360. The van der Waals surface area contributed by atoms with Gasteiger partial charge in [-0.3, -0.25) is 9.48 Å². The summed E-state index contributed by atoms with van der Waals surface area (Å²) >= 11 is 1.48. The largest absolute Gasteiger partial charge is 0.383 e. The molecular formula is C25H27N7O2S. The van der Waals surface area contributed by atoms with E-state index in [0.717, 1.165) is 40.8 Å². The number of nitrogen functional groups attached to an aromatic ring is 1. The second kappa shape index (κ2) is 9.75. The lowest BCUT2D eigenvalue weighted by molar-refractivity contribution is 0.0926. The lowest BCUT2D eigenvalue weighted by Crippen LogP contribution is -2.46. The molecule has 9 nitrogen and oxygen atoms in total. The number of anilines is 2. The predicted octanol–water partition coefficient (Wildman–Crippen LogP) is 4.14. The number of benzene rings is 1. The van der Waals surface area contributed by atoms with Crippen molar-refractivity contribution < 1.29 is 9.59 Å². The van der Waals surface area contributed by atoms with Crippen molar-refractivity contribution in [2.24, 2.45) is 7.05 Å². The minimum Gasteiger partial charge on any atom is -0.383 e. The standard InChI is InChI=1S/C25H27N7O2S/c1-32-13-15(11-28-32)19-12-27-23(26)21-20(14-35-22(19)21)24(33)29-17-8-5-9-18(10-17)31-25(34)30-16-6-3-2-4-7-16/h2-4,6-7,11-14,17-18H,5,8-10H2,1H3,(H2,26,27)(H,29,33)(H2,30,31,34)/t17-,18+/m0/s1. The minimum atomic E-state index is -0.237. The molecule has 0 aliphatic heterocycles. The number of rotatable bonds is 5. The number of carbonyl (C=O) groups is 2. The van der Waals surface area contributed by atoms with Crippen LogP contribution in [0.4, 0.5) is 16.3 Å². The van der Waals surface area contributed by atoms with Crippen molar-refractivity contribution in [3.05, 3.63) is 59.9 Å². The first-order valence-corrected chi connectivity index (χ1v) is 12.4. The molecule has 5 N–H and O–H groups in total. The van der Waals surface area contributed by atoms with Gasteiger partial charge < -0.3 is 21.7 Å². The quantitative estimate of drug-likeness (QED) is 0.335. The summed E-state index contributed by atoms with van der Waals surface area (Å²) in [5.74, 6) is 0.160. The van der Waals surface area contributed by atoms with Gasteiger partial charge >= 0.3 is 6.03 Å². The summed E-state index contributed by atoms with van der Waals surface area (Å²) in [7, 11) is 1.86. The fourth-order valence-electron chi connectivity index (χ4n) is 4.59. The molecule has 3 heterocycles. The van der Waals surface area contributed by atoms with Crippen LogP contribution < -0.4 is 21.7 Å². The van der Waals surface area contributed by atoms with Crippen molar-refractivity contribution >= 4 is 44.9 Å². The lowest BCUT2D eigenvalue weighted by atomic mass is 9.91. The zero-order valence-electron chi connectivity index (χ0n) is 19.3. The first-order chi connectivity index (χ1) is 17.0. The molecule has 0 unspecified atom stereocenters. The number of amides is 3. The SMILES string of the molecule is Cn1cc(-c2cnc(N)c3c(C(=O)N[C@H]4CCC[C@@H](NC(=O)Nc5ccccc5)C4)csc23)cn1. The zero-order chi connectivity index (χ0) is 24.4. The Morgan fingerprint density at radius 3 is 2.63 bits per heavy atom. The van der Waals surface area contributed by atoms with E-state index in [1.54, 1.807) is 17.1 Å². The van der Waals surface area contributed by atoms with Crippen LogP contribution in [0.1, 0.15) is 36.0 Å². The molecule has 2 atom stereocenters. The lowest BCUT2D eigenvalue weighted by Gasteiger charge is -2.30. The van der Waals surface area contributed by atoms with Gasteiger partial charge in [-0.25, -0.2) is 9.78 Å². The highest BCUT2D eigenvalue weighted by molar-refractivity contribution is 7.18. The number of aryl methyl sites for hydroxylation is 1. The molecule has 180 valence electrons. The monoisotopic (exact) mass is 489 g/mol. The van der Waals surface area contributed by atoms with Crippen LogP contribution in [0.2, 0.25) is 0 Å². The molecule has 5 rings (SSSR count). The highest BCUT2D eigenvalue weighted by atomic mass is 32.1. The maximum absolute atomic E-state index is 13.3. The normalized spacial score (nSPS) is 17.7. The summed E-state index contributed by atoms with van der Waals surface area (Å²) in [6.07, 6.45) is 8.74. The molecule has 3 aromatic heterocycles. The summed E-state index contributed by atoms with van der Waals surface area (Å²) in [5.41, 5.74) is 9.30. The molecule has 1 aliphatic carbocycles. The van der Waals surface area contributed by atoms with E-state index in [1.165, 1.54) is 11.3 Å². The van der Waals surface area contributed by atoms with Crippen LogP contribution in [-0.2, 0) is 7.05 Å². The van der Waals surface area contributed by atoms with Crippen LogP contribution in [-0.4, -0.2) is 38.8 Å². The molecular weight excluding hydrogens is 462 g/mol. The molecule has 4 aromatic rings. The highest BCUT2D eigenvalue weighted by Gasteiger charge is 2.26. The second-order valence-corrected chi connectivity index (χ2v) is 9.69. The third kappa shape index (κ3) is 4.97. The van der Waals surface area contributed by atoms with Gasteiger partial charge in [-0.2, -0.15) is 5.10 Å². The van der Waals surface area contributed by atoms with Crippen molar-refractivity contribution in [3.8, 4) is 11.1 Å². The summed E-state index contributed by atoms with van der Waals surface area (Å²) < 4.78 is 2.64. The van der Waals surface area contributed by atoms with Crippen molar-refractivity contribution in [3.63, 3.8) is 0 Å². The highest BCUT2D eigenvalue weighted by Crippen LogP contribution is 2.37. The third-order valence-corrected chi connectivity index (χ3v) is 7.27. The molecule has 1 aliphatic rings. The molecule has 1 aromatic carbocycles. The Hall–Kier alpha value is -3.92. The number of urea groups is 1. The average Bonchev–Trinajstić information content (AvgIpc) is 3.48. The Kier molecular flexibility index (Phi) is 6.37. The van der Waals surface area contributed by atoms with E-state index in [0.29, 0.717) is 23.2 Å². The van der Waals surface area contributed by atoms with Gasteiger partial charge in [-0.15, -0.1) is 11.3 Å². The number of nitrogens with zero attached hydrogens (tertiary/aromatic N) is 3. The van der Waals surface area contributed by atoms with Crippen molar-refractivity contribution in [2.45, 2.75) is 37.8 Å². The average molecular weight is 490 g/mol. The first-order valence-electron chi connectivity index (χ1n) is 11.6. The van der Waals surface area contributed by atoms with E-state index >= 15 is 0 Å². The first kappa shape index (κ1) is 22.9. The third-order valence-electron chi connectivity index (χ3n) is 6.26. The van der Waals surface area contributed by atoms with Crippen molar-refractivity contribution in [2.75, 3.05) is 11.1 Å². The number of aromatic nitrogens is 3. The Labute approximate surface area is 206 Å². The van der Waals surface area contributed by atoms with Gasteiger partial charge in [0.25, 0.3) is 5.91 Å². The smallest absolute Gasteiger partial charge is 0.319 e. The molecule has 35 heavy (non-hydrogen) atoms. The molecule has 1 fully saturated rings. The number of nitrogens with two attached hydrogens (primary N) is 1. The number of para-hydroxylation sites is 1. The van der Waals surface area contributed by atoms with Gasteiger partial charge in [0.1, 0.15) is 5.82 Å². The maximum Gasteiger partial charge on any atom is 0.319 e. The Morgan fingerprint density at radius 1 is 1.11 bits per heavy atom. The van der Waals surface area contributed by atoms with Crippen LogP contribution in [0, 0.1) is 0 Å². The van der Waals surface area contributed by atoms with Crippen LogP contribution in [0.15, 0.2) is 54.3 Å². The Morgan fingerprint density at radius 2 is 1.89 bits per heavy atom. The molecule has 0 radical (unpaired) electrons. The van der Waals surface area contributed by atoms with Crippen LogP contribution in [0.3, 0.4) is 0 Å². The molecule has 1 saturated carbocycles. The maximum atomic E-state index is 13.3. The zero-order valence-corrected chi connectivity index (χ0v) is 20.1. The van der Waals surface area contributed by atoms with Gasteiger partial charge in [0.2, 0.25) is 0 Å². The molecule has 0 saturated heterocycles. The number of carbonyl (C=O) groups excluding carboxylic acids is 2. The summed E-state index contributed by atoms with van der Waals surface area (Å²) in [6, 6.07) is 9.04. The number of nitrogens with one attached hydrogen (secondary N) is 3. The summed E-state index contributed by atoms with van der Waals surface area (Å²) in [6.45, 7) is 0. The van der Waals surface area contributed by atoms with Gasteiger partial charge in [-0.05, 0) is 37.8 Å². The fourth-order valence-corrected chi connectivity index (χ4v) is 5.68. The van der Waals surface area contributed by atoms with Gasteiger partial charge in [0, 0.05) is 63.8 Å². The molecule has 0 bridgehead atoms. The topological polar surface area (TPSA) is 127 Å². The number of hydrogen-bond acceptors (Lipinski definition) is 6. The van der Waals surface area contributed by atoms with Gasteiger partial charge in [-0.1, -0.05) is 18.2 Å². The Balaban J connectivity index is 1.27. The van der Waals surface area contributed by atoms with Crippen LogP contribution in [0.5, 0.6) is 0 Å². The van der Waals surface area contributed by atoms with E-state index < -0.39 is 0 Å². The minimum absolute atomic E-state index is 0.0131. The van der Waals surface area contributed by atoms with E-state index in [2.05, 4.69) is 26.0 Å². The van der Waals surface area contributed by atoms with Crippen LogP contribution in [0.25, 0.3) is 21.2 Å². The van der Waals surface area contributed by atoms with E-state index in [-0.39, 0.29) is 24.0 Å². The van der Waals surface area contributed by atoms with Crippen molar-refractivity contribution in [1.29, 1.82) is 0 Å². The fraction of sp³-hybridized carbons (Fsp3) is 0.280. The van der Waals surface area contributed by atoms with E-state index in [4.69, 9.17) is 5.73 Å². The van der Waals surface area contributed by atoms with Crippen LogP contribution >= 0.6 is 11.3 Å². The molecule has 0 spiro atoms. The summed E-state index contributed by atoms with van der Waals surface area (Å²) in [4.78, 5) is 30.0. The van der Waals surface area contributed by atoms with Crippen molar-refractivity contribution in [1.82, 2.24) is 25.4 Å². The number of fused-ring (bicyclic) bond motifs is 1. The molecule has 10 heteroatoms. The summed E-state index contributed by atoms with van der Waals surface area (Å²) in [5, 5.41) is 15.8. The molecule has 3 amide bonds. The number of thiophene rings is 1.